The fourth-order valence-electron chi connectivity index (χ4n) is 10.7. The summed E-state index contributed by atoms with van der Waals surface area (Å²) >= 11 is 0. The summed E-state index contributed by atoms with van der Waals surface area (Å²) in [5.41, 5.74) is -5.48. The summed E-state index contributed by atoms with van der Waals surface area (Å²) in [6.45, 7) is 9.09. The van der Waals surface area contributed by atoms with Crippen LogP contribution in [0.5, 0.6) is 0 Å². The summed E-state index contributed by atoms with van der Waals surface area (Å²) in [5.74, 6) is -2.83. The Hall–Kier alpha value is -2.65. The largest absolute Gasteiger partial charge is 0.462 e. The fourth-order valence-corrected chi connectivity index (χ4v) is 10.7. The molecule has 0 aromatic rings. The number of esters is 2. The molecule has 0 unspecified atom stereocenters. The molecule has 0 bridgehead atoms. The summed E-state index contributed by atoms with van der Waals surface area (Å²) in [5, 5.41) is 23.7. The second-order valence-electron chi connectivity index (χ2n) is 17.7. The Kier molecular flexibility index (Phi) is 16.5. The number of halogens is 1. The number of rotatable bonds is 23. The van der Waals surface area contributed by atoms with E-state index in [0.717, 1.165) is 70.6 Å². The number of aliphatic hydroxyl groups is 2. The molecule has 2 N–H and O–H groups in total. The fraction of sp³-hybridized carbons (Fsp3) is 0.783. The Labute approximate surface area is 330 Å². The number of unbranched alkanes of at least 4 members (excludes halogenated alkanes) is 10. The van der Waals surface area contributed by atoms with Crippen LogP contribution in [0.4, 0.5) is 4.39 Å². The predicted molar refractivity (Wildman–Crippen MR) is 213 cm³/mol. The number of hydrogen-bond acceptors (Lipinski definition) is 8. The van der Waals surface area contributed by atoms with E-state index < -0.39 is 58.4 Å². The van der Waals surface area contributed by atoms with Gasteiger partial charge < -0.3 is 19.7 Å². The van der Waals surface area contributed by atoms with Crippen molar-refractivity contribution in [3.05, 3.63) is 36.0 Å². The van der Waals surface area contributed by atoms with E-state index in [1.807, 2.05) is 0 Å². The molecule has 8 nitrogen and oxygen atoms in total. The highest BCUT2D eigenvalue weighted by Gasteiger charge is 2.75. The van der Waals surface area contributed by atoms with Crippen molar-refractivity contribution in [1.82, 2.24) is 0 Å². The van der Waals surface area contributed by atoms with Crippen LogP contribution in [0.2, 0.25) is 0 Å². The van der Waals surface area contributed by atoms with E-state index in [-0.39, 0.29) is 36.6 Å². The molecule has 0 heterocycles. The molecule has 3 saturated carbocycles. The van der Waals surface area contributed by atoms with E-state index in [9.17, 15) is 29.4 Å². The van der Waals surface area contributed by atoms with Crippen molar-refractivity contribution in [3.8, 4) is 0 Å². The lowest BCUT2D eigenvalue weighted by Gasteiger charge is -2.62. The van der Waals surface area contributed by atoms with Crippen LogP contribution in [0.15, 0.2) is 36.0 Å². The maximum absolute atomic E-state index is 17.4. The van der Waals surface area contributed by atoms with E-state index in [0.29, 0.717) is 37.7 Å². The number of aliphatic hydroxyl groups excluding tert-OH is 1. The average Bonchev–Trinajstić information content (AvgIpc) is 3.35. The Morgan fingerprint density at radius 3 is 2.33 bits per heavy atom. The quantitative estimate of drug-likeness (QED) is 0.0598. The van der Waals surface area contributed by atoms with Crippen LogP contribution in [-0.4, -0.2) is 63.8 Å². The minimum atomic E-state index is -2.04. The standard InChI is InChI=1S/C46H71FO8/c1-6-8-10-18-21-36(55-42(52)24-17-9-7-2)22-19-15-13-11-12-14-16-20-23-41(51)54-32-40(50)46(53)33(3)29-38-37-26-25-34-30-35(48)27-28-43(34,4)45(37,47)39(49)31-44(38,46)5/h15,19,27-28,30,33,36-39,49,53H,6-14,16-18,20-26,29,31-32H2,1-5H3/b19-15-/t33-,36-,37+,38+,39+,43+,44+,45+,46+/m1/s1. The lowest BCUT2D eigenvalue weighted by molar-refractivity contribution is -0.220. The molecule has 0 saturated heterocycles. The van der Waals surface area contributed by atoms with Crippen molar-refractivity contribution in [2.45, 2.75) is 193 Å². The molecule has 4 aliphatic rings. The van der Waals surface area contributed by atoms with E-state index >= 15 is 4.39 Å². The maximum Gasteiger partial charge on any atom is 0.306 e. The number of carbonyl (C=O) groups excluding carboxylic acids is 4. The molecule has 0 radical (unpaired) electrons. The molecule has 3 fully saturated rings. The molecule has 4 rings (SSSR count). The molecule has 0 aromatic heterocycles. The number of hydrogen-bond donors (Lipinski definition) is 2. The average molecular weight is 771 g/mol. The van der Waals surface area contributed by atoms with Crippen LogP contribution in [0.25, 0.3) is 0 Å². The van der Waals surface area contributed by atoms with Crippen LogP contribution >= 0.6 is 0 Å². The van der Waals surface area contributed by atoms with Gasteiger partial charge in [0.25, 0.3) is 0 Å². The molecule has 0 aliphatic heterocycles. The number of ether oxygens (including phenoxy) is 2. The van der Waals surface area contributed by atoms with E-state index in [4.69, 9.17) is 9.47 Å². The van der Waals surface area contributed by atoms with E-state index in [2.05, 4.69) is 26.0 Å². The van der Waals surface area contributed by atoms with Gasteiger partial charge in [-0.1, -0.05) is 103 Å². The molecule has 310 valence electrons. The van der Waals surface area contributed by atoms with Crippen LogP contribution in [0.3, 0.4) is 0 Å². The first-order valence-corrected chi connectivity index (χ1v) is 21.8. The minimum Gasteiger partial charge on any atom is -0.462 e. The van der Waals surface area contributed by atoms with Crippen LogP contribution in [0, 0.1) is 28.6 Å². The zero-order valence-electron chi connectivity index (χ0n) is 34.6. The van der Waals surface area contributed by atoms with Crippen LogP contribution in [0.1, 0.15) is 169 Å². The lowest BCUT2D eigenvalue weighted by atomic mass is 9.44. The smallest absolute Gasteiger partial charge is 0.306 e. The molecule has 9 heteroatoms. The monoisotopic (exact) mass is 771 g/mol. The number of ketones is 2. The van der Waals surface area contributed by atoms with Gasteiger partial charge in [0.05, 0.1) is 6.10 Å². The first-order chi connectivity index (χ1) is 26.2. The summed E-state index contributed by atoms with van der Waals surface area (Å²) in [4.78, 5) is 50.8. The minimum absolute atomic E-state index is 0.0470. The van der Waals surface area contributed by atoms with Gasteiger partial charge >= 0.3 is 11.9 Å². The zero-order chi connectivity index (χ0) is 40.3. The molecular weight excluding hydrogens is 699 g/mol. The highest BCUT2D eigenvalue weighted by molar-refractivity contribution is 6.01. The molecule has 4 aliphatic carbocycles. The third-order valence-electron chi connectivity index (χ3n) is 14.0. The first-order valence-electron chi connectivity index (χ1n) is 21.8. The van der Waals surface area contributed by atoms with Crippen molar-refractivity contribution in [2.24, 2.45) is 28.6 Å². The Balaban J connectivity index is 1.16. The Morgan fingerprint density at radius 2 is 1.58 bits per heavy atom. The second-order valence-corrected chi connectivity index (χ2v) is 17.7. The van der Waals surface area contributed by atoms with Crippen molar-refractivity contribution in [1.29, 1.82) is 0 Å². The number of carbonyl (C=O) groups is 4. The predicted octanol–water partition coefficient (Wildman–Crippen LogP) is 9.59. The summed E-state index contributed by atoms with van der Waals surface area (Å²) in [6.07, 6.45) is 24.1. The number of fused-ring (bicyclic) bond motifs is 5. The van der Waals surface area contributed by atoms with Gasteiger partial charge in [-0.2, -0.15) is 0 Å². The molecule has 0 spiro atoms. The van der Waals surface area contributed by atoms with E-state index in [1.54, 1.807) is 26.8 Å². The second kappa shape index (κ2) is 20.2. The summed E-state index contributed by atoms with van der Waals surface area (Å²) in [6, 6.07) is 0. The van der Waals surface area contributed by atoms with Crippen molar-refractivity contribution >= 4 is 23.5 Å². The van der Waals surface area contributed by atoms with E-state index in [1.165, 1.54) is 31.4 Å². The van der Waals surface area contributed by atoms with Crippen molar-refractivity contribution < 1.29 is 43.3 Å². The van der Waals surface area contributed by atoms with Crippen LogP contribution in [-0.2, 0) is 28.7 Å². The summed E-state index contributed by atoms with van der Waals surface area (Å²) in [7, 11) is 0. The molecule has 55 heavy (non-hydrogen) atoms. The van der Waals surface area contributed by atoms with Crippen molar-refractivity contribution in [2.75, 3.05) is 6.61 Å². The van der Waals surface area contributed by atoms with Gasteiger partial charge in [-0.3, -0.25) is 19.2 Å². The zero-order valence-corrected chi connectivity index (χ0v) is 34.6. The van der Waals surface area contributed by atoms with Gasteiger partial charge in [0, 0.05) is 36.0 Å². The number of alkyl halides is 1. The SMILES string of the molecule is CCCCCC[C@H](C/C=C\CCCCCCCC(=O)OCC(=O)[C@@]1(O)[C@H](C)C[C@H]2[C@@H]3CCC4=CC(=O)C=C[C@]4(C)[C@@]3(F)[C@@H](O)C[C@@]21C)OC(=O)CCCCC. The lowest BCUT2D eigenvalue weighted by Crippen LogP contribution is -2.69. The number of allylic oxidation sites excluding steroid dienone is 5. The molecule has 0 amide bonds. The highest BCUT2D eigenvalue weighted by atomic mass is 19.1. The highest BCUT2D eigenvalue weighted by Crippen LogP contribution is 2.70. The topological polar surface area (TPSA) is 127 Å². The van der Waals surface area contributed by atoms with Gasteiger partial charge in [-0.25, -0.2) is 4.39 Å². The third-order valence-corrected chi connectivity index (χ3v) is 14.0. The van der Waals surface area contributed by atoms with Crippen LogP contribution < -0.4 is 0 Å². The third kappa shape index (κ3) is 9.91. The van der Waals surface area contributed by atoms with Gasteiger partial charge in [0.15, 0.2) is 18.1 Å². The Bertz CT molecular complexity index is 1420. The van der Waals surface area contributed by atoms with Gasteiger partial charge in [0.2, 0.25) is 5.78 Å². The first kappa shape index (κ1) is 45.1. The van der Waals surface area contributed by atoms with Gasteiger partial charge in [-0.05, 0) is 95.1 Å². The normalized spacial score (nSPS) is 33.1. The molecule has 9 atom stereocenters. The molecule has 0 aromatic carbocycles. The van der Waals surface area contributed by atoms with Gasteiger partial charge in [-0.15, -0.1) is 0 Å². The molecular formula is C46H71FO8. The number of Topliss-reactive ketones (excluding diaryl/α,β-unsaturated/α-hetero) is 1. The Morgan fingerprint density at radius 1 is 0.927 bits per heavy atom. The maximum atomic E-state index is 17.4. The van der Waals surface area contributed by atoms with Crippen molar-refractivity contribution in [3.63, 3.8) is 0 Å². The van der Waals surface area contributed by atoms with Gasteiger partial charge in [0.1, 0.15) is 11.7 Å². The summed E-state index contributed by atoms with van der Waals surface area (Å²) < 4.78 is 28.6.